The highest BCUT2D eigenvalue weighted by molar-refractivity contribution is 5.81. The first-order valence-electron chi connectivity index (χ1n) is 8.83. The second-order valence-electron chi connectivity index (χ2n) is 8.01. The SMILES string of the molecule is C[C@]12CC[C@@H]3c4ccc(O)cc4CC[C@@H]3[C@@H]1C/C(=C\C(=O)O)[C@@H]2O. The molecule has 1 aromatic carbocycles. The number of benzene rings is 1. The predicted molar refractivity (Wildman–Crippen MR) is 89.8 cm³/mol. The fourth-order valence-corrected chi connectivity index (χ4v) is 5.73. The number of aryl methyl sites for hydroxylation is 1. The summed E-state index contributed by atoms with van der Waals surface area (Å²) in [6.07, 6.45) is 5.21. The number of phenolic OH excluding ortho intramolecular Hbond substituents is 1. The van der Waals surface area contributed by atoms with Gasteiger partial charge >= 0.3 is 5.97 Å². The van der Waals surface area contributed by atoms with Gasteiger partial charge in [0.25, 0.3) is 0 Å². The number of fused-ring (bicyclic) bond motifs is 5. The third-order valence-corrected chi connectivity index (χ3v) is 6.89. The lowest BCUT2D eigenvalue weighted by molar-refractivity contribution is -0.131. The first-order valence-corrected chi connectivity index (χ1v) is 8.83. The molecule has 0 saturated heterocycles. The Morgan fingerprint density at radius 2 is 2.12 bits per heavy atom. The van der Waals surface area contributed by atoms with Gasteiger partial charge in [-0.3, -0.25) is 0 Å². The Balaban J connectivity index is 1.70. The fourth-order valence-electron chi connectivity index (χ4n) is 5.73. The van der Waals surface area contributed by atoms with Crippen LogP contribution in [0.15, 0.2) is 29.8 Å². The van der Waals surface area contributed by atoms with Gasteiger partial charge in [-0.25, -0.2) is 4.79 Å². The van der Waals surface area contributed by atoms with Crippen LogP contribution >= 0.6 is 0 Å². The minimum atomic E-state index is -0.965. The number of aromatic hydroxyl groups is 1. The number of aliphatic hydroxyl groups excluding tert-OH is 1. The minimum Gasteiger partial charge on any atom is -0.508 e. The normalized spacial score (nSPS) is 39.2. The van der Waals surface area contributed by atoms with Crippen LogP contribution in [0.25, 0.3) is 0 Å². The maximum atomic E-state index is 11.1. The summed E-state index contributed by atoms with van der Waals surface area (Å²) in [6, 6.07) is 5.72. The molecular weight excluding hydrogens is 304 g/mol. The molecule has 3 aliphatic carbocycles. The van der Waals surface area contributed by atoms with Crippen molar-refractivity contribution in [1.29, 1.82) is 0 Å². The molecule has 2 fully saturated rings. The average Bonchev–Trinajstić information content (AvgIpc) is 2.78. The maximum absolute atomic E-state index is 11.1. The first kappa shape index (κ1) is 15.7. The highest BCUT2D eigenvalue weighted by Gasteiger charge is 2.56. The average molecular weight is 328 g/mol. The molecule has 0 radical (unpaired) electrons. The molecule has 24 heavy (non-hydrogen) atoms. The van der Waals surface area contributed by atoms with Gasteiger partial charge in [0.15, 0.2) is 0 Å². The standard InChI is InChI=1S/C20H24O4/c1-20-7-6-15-14-5-3-13(21)8-11(14)2-4-16(15)17(20)9-12(19(20)24)10-18(22)23/h3,5,8,10,15-17,19,21,24H,2,4,6-7,9H2,1H3,(H,22,23)/b12-10+/t15-,16+,17+,19+,20+/m1/s1. The van der Waals surface area contributed by atoms with Crippen LogP contribution in [0.5, 0.6) is 5.75 Å². The van der Waals surface area contributed by atoms with E-state index in [1.54, 1.807) is 6.07 Å². The number of aliphatic hydroxyl groups is 1. The molecule has 0 aliphatic heterocycles. The molecule has 0 aromatic heterocycles. The maximum Gasteiger partial charge on any atom is 0.328 e. The predicted octanol–water partition coefficient (Wildman–Crippen LogP) is 3.23. The van der Waals surface area contributed by atoms with Gasteiger partial charge in [-0.1, -0.05) is 13.0 Å². The lowest BCUT2D eigenvalue weighted by atomic mass is 9.55. The van der Waals surface area contributed by atoms with Crippen LogP contribution in [0.1, 0.15) is 49.7 Å². The molecule has 0 bridgehead atoms. The van der Waals surface area contributed by atoms with Crippen molar-refractivity contribution in [3.8, 4) is 5.75 Å². The summed E-state index contributed by atoms with van der Waals surface area (Å²) in [4.78, 5) is 11.1. The van der Waals surface area contributed by atoms with Gasteiger partial charge in [0.2, 0.25) is 0 Å². The van der Waals surface area contributed by atoms with Crippen molar-refractivity contribution in [3.05, 3.63) is 41.0 Å². The molecule has 4 heteroatoms. The quantitative estimate of drug-likeness (QED) is 0.692. The lowest BCUT2D eigenvalue weighted by Gasteiger charge is -2.49. The number of rotatable bonds is 1. The van der Waals surface area contributed by atoms with Crippen LogP contribution in [0.2, 0.25) is 0 Å². The number of carboxylic acids is 1. The monoisotopic (exact) mass is 328 g/mol. The summed E-state index contributed by atoms with van der Waals surface area (Å²) in [5.41, 5.74) is 3.07. The van der Waals surface area contributed by atoms with Crippen LogP contribution in [-0.4, -0.2) is 27.4 Å². The largest absolute Gasteiger partial charge is 0.508 e. The lowest BCUT2D eigenvalue weighted by Crippen LogP contribution is -2.44. The number of hydrogen-bond acceptors (Lipinski definition) is 3. The van der Waals surface area contributed by atoms with Crippen LogP contribution < -0.4 is 0 Å². The number of aliphatic carboxylic acids is 1. The molecule has 1 aromatic rings. The fraction of sp³-hybridized carbons (Fsp3) is 0.550. The third kappa shape index (κ3) is 2.20. The molecule has 0 unspecified atom stereocenters. The molecule has 0 heterocycles. The Kier molecular flexibility index (Phi) is 3.50. The Hall–Kier alpha value is -1.81. The highest BCUT2D eigenvalue weighted by Crippen LogP contribution is 2.62. The number of phenols is 1. The van der Waals surface area contributed by atoms with Crippen molar-refractivity contribution in [2.75, 3.05) is 0 Å². The molecule has 3 N–H and O–H groups in total. The van der Waals surface area contributed by atoms with E-state index in [9.17, 15) is 15.0 Å². The summed E-state index contributed by atoms with van der Waals surface area (Å²) in [5.74, 6) is 0.640. The Labute approximate surface area is 141 Å². The van der Waals surface area contributed by atoms with Crippen molar-refractivity contribution in [2.24, 2.45) is 17.3 Å². The van der Waals surface area contributed by atoms with Gasteiger partial charge in [-0.15, -0.1) is 0 Å². The van der Waals surface area contributed by atoms with Crippen LogP contribution in [-0.2, 0) is 11.2 Å². The Morgan fingerprint density at radius 1 is 1.33 bits per heavy atom. The van der Waals surface area contributed by atoms with Gasteiger partial charge in [0.05, 0.1) is 6.10 Å². The van der Waals surface area contributed by atoms with E-state index < -0.39 is 12.1 Å². The Morgan fingerprint density at radius 3 is 2.88 bits per heavy atom. The molecule has 4 rings (SSSR count). The zero-order valence-corrected chi connectivity index (χ0v) is 13.9. The number of hydrogen-bond donors (Lipinski definition) is 3. The van der Waals surface area contributed by atoms with E-state index >= 15 is 0 Å². The van der Waals surface area contributed by atoms with Crippen molar-refractivity contribution in [2.45, 2.75) is 51.0 Å². The number of carbonyl (C=O) groups is 1. The summed E-state index contributed by atoms with van der Waals surface area (Å²) in [5, 5.41) is 29.6. The summed E-state index contributed by atoms with van der Waals surface area (Å²) >= 11 is 0. The van der Waals surface area contributed by atoms with Crippen molar-refractivity contribution in [3.63, 3.8) is 0 Å². The highest BCUT2D eigenvalue weighted by atomic mass is 16.4. The summed E-state index contributed by atoms with van der Waals surface area (Å²) < 4.78 is 0. The topological polar surface area (TPSA) is 77.8 Å². The van der Waals surface area contributed by atoms with E-state index in [0.29, 0.717) is 35.5 Å². The van der Waals surface area contributed by atoms with Gasteiger partial charge in [0.1, 0.15) is 5.75 Å². The van der Waals surface area contributed by atoms with Gasteiger partial charge < -0.3 is 15.3 Å². The van der Waals surface area contributed by atoms with Crippen LogP contribution in [0.3, 0.4) is 0 Å². The second kappa shape index (κ2) is 5.35. The molecule has 3 aliphatic rings. The van der Waals surface area contributed by atoms with Crippen molar-refractivity contribution < 1.29 is 20.1 Å². The van der Waals surface area contributed by atoms with E-state index in [-0.39, 0.29) is 5.41 Å². The summed E-state index contributed by atoms with van der Waals surface area (Å²) in [6.45, 7) is 2.13. The molecule has 0 spiro atoms. The molecular formula is C20H24O4. The smallest absolute Gasteiger partial charge is 0.328 e. The second-order valence-corrected chi connectivity index (χ2v) is 8.01. The van der Waals surface area contributed by atoms with Gasteiger partial charge in [0, 0.05) is 11.5 Å². The van der Waals surface area contributed by atoms with E-state index in [2.05, 4.69) is 13.0 Å². The van der Waals surface area contributed by atoms with Crippen LogP contribution in [0.4, 0.5) is 0 Å². The van der Waals surface area contributed by atoms with Gasteiger partial charge in [-0.05, 0) is 78.7 Å². The Bertz CT molecular complexity index is 722. The molecule has 128 valence electrons. The number of carboxylic acid groups (broad SMARTS) is 1. The first-order chi connectivity index (χ1) is 11.4. The zero-order chi connectivity index (χ0) is 17.1. The molecule has 2 saturated carbocycles. The van der Waals surface area contributed by atoms with Crippen LogP contribution in [0, 0.1) is 17.3 Å². The van der Waals surface area contributed by atoms with Crippen molar-refractivity contribution in [1.82, 2.24) is 0 Å². The van der Waals surface area contributed by atoms with E-state index in [1.807, 2.05) is 6.07 Å². The minimum absolute atomic E-state index is 0.211. The third-order valence-electron chi connectivity index (χ3n) is 6.89. The zero-order valence-electron chi connectivity index (χ0n) is 13.9. The molecule has 4 nitrogen and oxygen atoms in total. The van der Waals surface area contributed by atoms with E-state index in [0.717, 1.165) is 25.7 Å². The van der Waals surface area contributed by atoms with Crippen molar-refractivity contribution >= 4 is 5.97 Å². The molecule has 0 amide bonds. The van der Waals surface area contributed by atoms with E-state index in [1.165, 1.54) is 17.2 Å². The summed E-state index contributed by atoms with van der Waals surface area (Å²) in [7, 11) is 0. The van der Waals surface area contributed by atoms with Gasteiger partial charge in [-0.2, -0.15) is 0 Å². The van der Waals surface area contributed by atoms with E-state index in [4.69, 9.17) is 5.11 Å². The molecule has 5 atom stereocenters.